The van der Waals surface area contributed by atoms with E-state index in [0.29, 0.717) is 21.1 Å². The summed E-state index contributed by atoms with van der Waals surface area (Å²) in [6.07, 6.45) is 0.811. The van der Waals surface area contributed by atoms with Gasteiger partial charge >= 0.3 is 11.7 Å². The van der Waals surface area contributed by atoms with Crippen LogP contribution in [0.3, 0.4) is 0 Å². The second kappa shape index (κ2) is 6.27. The summed E-state index contributed by atoms with van der Waals surface area (Å²) in [5, 5.41) is 15.9. The van der Waals surface area contributed by atoms with Crippen LogP contribution in [0.4, 0.5) is 0 Å². The van der Waals surface area contributed by atoms with E-state index in [1.165, 1.54) is 22.4 Å². The Labute approximate surface area is 127 Å². The van der Waals surface area contributed by atoms with Crippen molar-refractivity contribution < 1.29 is 9.90 Å². The molecule has 0 aliphatic heterocycles. The lowest BCUT2D eigenvalue weighted by Gasteiger charge is -2.05. The Kier molecular flexibility index (Phi) is 4.66. The molecule has 0 amide bonds. The SMILES string of the molecule is CCCn1c(Sc2cc(Br)cc(C(=O)O)c2)n[nH]c1=O. The molecule has 1 aromatic carbocycles. The molecule has 0 fully saturated rings. The summed E-state index contributed by atoms with van der Waals surface area (Å²) in [5.41, 5.74) is -0.0791. The highest BCUT2D eigenvalue weighted by molar-refractivity contribution is 9.10. The number of aromatic nitrogens is 3. The van der Waals surface area contributed by atoms with E-state index in [0.717, 1.165) is 6.42 Å². The van der Waals surface area contributed by atoms with Gasteiger partial charge < -0.3 is 5.11 Å². The van der Waals surface area contributed by atoms with Crippen molar-refractivity contribution in [2.45, 2.75) is 29.9 Å². The monoisotopic (exact) mass is 357 g/mol. The number of carbonyl (C=O) groups is 1. The van der Waals surface area contributed by atoms with Gasteiger partial charge in [0.2, 0.25) is 0 Å². The number of aromatic amines is 1. The number of benzene rings is 1. The number of carboxylic acid groups (broad SMARTS) is 1. The highest BCUT2D eigenvalue weighted by Crippen LogP contribution is 2.29. The lowest BCUT2D eigenvalue weighted by atomic mass is 10.2. The molecule has 0 atom stereocenters. The minimum Gasteiger partial charge on any atom is -0.478 e. The average Bonchev–Trinajstić information content (AvgIpc) is 2.71. The molecular weight excluding hydrogens is 346 g/mol. The lowest BCUT2D eigenvalue weighted by Crippen LogP contribution is -2.17. The molecule has 20 heavy (non-hydrogen) atoms. The van der Waals surface area contributed by atoms with Gasteiger partial charge in [0.15, 0.2) is 5.16 Å². The second-order valence-corrected chi connectivity index (χ2v) is 6.00. The fourth-order valence-corrected chi connectivity index (χ4v) is 3.26. The Morgan fingerprint density at radius 3 is 2.90 bits per heavy atom. The maximum absolute atomic E-state index is 11.6. The van der Waals surface area contributed by atoms with Crippen LogP contribution >= 0.6 is 27.7 Å². The van der Waals surface area contributed by atoms with Gasteiger partial charge in [-0.3, -0.25) is 4.57 Å². The summed E-state index contributed by atoms with van der Waals surface area (Å²) < 4.78 is 2.20. The number of H-pyrrole nitrogens is 1. The van der Waals surface area contributed by atoms with E-state index in [1.807, 2.05) is 6.92 Å². The summed E-state index contributed by atoms with van der Waals surface area (Å²) in [7, 11) is 0. The Bertz CT molecular complexity index is 695. The molecule has 0 radical (unpaired) electrons. The molecule has 0 unspecified atom stereocenters. The van der Waals surface area contributed by atoms with Crippen LogP contribution in [0.1, 0.15) is 23.7 Å². The van der Waals surface area contributed by atoms with Crippen LogP contribution in [0.2, 0.25) is 0 Å². The molecule has 0 saturated heterocycles. The maximum Gasteiger partial charge on any atom is 0.343 e. The predicted octanol–water partition coefficient (Wildman–Crippen LogP) is 2.59. The Balaban J connectivity index is 2.35. The molecule has 106 valence electrons. The van der Waals surface area contributed by atoms with E-state index in [-0.39, 0.29) is 11.3 Å². The van der Waals surface area contributed by atoms with Crippen LogP contribution in [0, 0.1) is 0 Å². The fourth-order valence-electron chi connectivity index (χ4n) is 1.65. The Morgan fingerprint density at radius 1 is 1.50 bits per heavy atom. The zero-order valence-corrected chi connectivity index (χ0v) is 13.0. The van der Waals surface area contributed by atoms with Gasteiger partial charge in [-0.15, -0.1) is 5.10 Å². The highest BCUT2D eigenvalue weighted by Gasteiger charge is 2.12. The molecule has 0 aliphatic carbocycles. The van der Waals surface area contributed by atoms with E-state index in [1.54, 1.807) is 12.1 Å². The van der Waals surface area contributed by atoms with E-state index >= 15 is 0 Å². The maximum atomic E-state index is 11.6. The fraction of sp³-hybridized carbons (Fsp3) is 0.250. The van der Waals surface area contributed by atoms with Crippen molar-refractivity contribution in [1.82, 2.24) is 14.8 Å². The van der Waals surface area contributed by atoms with E-state index in [2.05, 4.69) is 26.1 Å². The van der Waals surface area contributed by atoms with E-state index in [9.17, 15) is 9.59 Å². The lowest BCUT2D eigenvalue weighted by molar-refractivity contribution is 0.0696. The molecule has 1 aromatic heterocycles. The van der Waals surface area contributed by atoms with Crippen molar-refractivity contribution in [2.75, 3.05) is 0 Å². The molecule has 6 nitrogen and oxygen atoms in total. The van der Waals surface area contributed by atoms with E-state index in [4.69, 9.17) is 5.11 Å². The standard InChI is InChI=1S/C12H12BrN3O3S/c1-2-3-16-11(19)14-15-12(16)20-9-5-7(10(17)18)4-8(13)6-9/h4-6H,2-3H2,1H3,(H,14,19)(H,17,18). The minimum absolute atomic E-state index is 0.182. The molecule has 0 saturated carbocycles. The number of carboxylic acids is 1. The van der Waals surface area contributed by atoms with Crippen molar-refractivity contribution >= 4 is 33.7 Å². The van der Waals surface area contributed by atoms with Crippen molar-refractivity contribution in [3.63, 3.8) is 0 Å². The van der Waals surface area contributed by atoms with Gasteiger partial charge in [0, 0.05) is 15.9 Å². The third-order valence-electron chi connectivity index (χ3n) is 2.50. The van der Waals surface area contributed by atoms with Crippen molar-refractivity contribution in [1.29, 1.82) is 0 Å². The summed E-state index contributed by atoms with van der Waals surface area (Å²) in [5.74, 6) is -0.999. The molecule has 0 bridgehead atoms. The first-order chi connectivity index (χ1) is 9.51. The molecule has 2 rings (SSSR count). The number of aromatic carboxylic acids is 1. The Hall–Kier alpha value is -1.54. The molecule has 1 heterocycles. The van der Waals surface area contributed by atoms with Gasteiger partial charge in [-0.05, 0) is 36.4 Å². The number of rotatable bonds is 5. The van der Waals surface area contributed by atoms with Crippen LogP contribution in [0.15, 0.2) is 37.5 Å². The van der Waals surface area contributed by atoms with Crippen molar-refractivity contribution in [2.24, 2.45) is 0 Å². The quantitative estimate of drug-likeness (QED) is 0.858. The van der Waals surface area contributed by atoms with Gasteiger partial charge in [0.1, 0.15) is 0 Å². The molecule has 8 heteroatoms. The van der Waals surface area contributed by atoms with Gasteiger partial charge in [-0.1, -0.05) is 22.9 Å². The highest BCUT2D eigenvalue weighted by atomic mass is 79.9. The smallest absolute Gasteiger partial charge is 0.343 e. The zero-order valence-electron chi connectivity index (χ0n) is 10.6. The van der Waals surface area contributed by atoms with Gasteiger partial charge in [0.25, 0.3) is 0 Å². The van der Waals surface area contributed by atoms with Gasteiger partial charge in [0.05, 0.1) is 5.56 Å². The third kappa shape index (κ3) is 3.31. The third-order valence-corrected chi connectivity index (χ3v) is 3.92. The summed E-state index contributed by atoms with van der Waals surface area (Å²) >= 11 is 4.52. The van der Waals surface area contributed by atoms with Crippen molar-refractivity contribution in [3.05, 3.63) is 38.7 Å². The number of hydrogen-bond donors (Lipinski definition) is 2. The van der Waals surface area contributed by atoms with E-state index < -0.39 is 5.97 Å². The zero-order chi connectivity index (χ0) is 14.7. The number of nitrogens with zero attached hydrogens (tertiary/aromatic N) is 2. The van der Waals surface area contributed by atoms with Gasteiger partial charge in [-0.25, -0.2) is 14.7 Å². The van der Waals surface area contributed by atoms with Crippen LogP contribution in [-0.4, -0.2) is 25.8 Å². The minimum atomic E-state index is -0.999. The summed E-state index contributed by atoms with van der Waals surface area (Å²) in [6, 6.07) is 4.86. The average molecular weight is 358 g/mol. The normalized spacial score (nSPS) is 10.7. The van der Waals surface area contributed by atoms with Crippen LogP contribution in [0.25, 0.3) is 0 Å². The van der Waals surface area contributed by atoms with Crippen molar-refractivity contribution in [3.8, 4) is 0 Å². The number of hydrogen-bond acceptors (Lipinski definition) is 4. The molecule has 2 N–H and O–H groups in total. The molecular formula is C12H12BrN3O3S. The first-order valence-corrected chi connectivity index (χ1v) is 7.49. The summed E-state index contributed by atoms with van der Waals surface area (Å²) in [6.45, 7) is 2.53. The van der Waals surface area contributed by atoms with Crippen LogP contribution in [0.5, 0.6) is 0 Å². The van der Waals surface area contributed by atoms with Gasteiger partial charge in [-0.2, -0.15) is 0 Å². The Morgan fingerprint density at radius 2 is 2.25 bits per heavy atom. The van der Waals surface area contributed by atoms with Crippen LogP contribution < -0.4 is 5.69 Å². The topological polar surface area (TPSA) is 88.0 Å². The first-order valence-electron chi connectivity index (χ1n) is 5.88. The summed E-state index contributed by atoms with van der Waals surface area (Å²) in [4.78, 5) is 23.3. The second-order valence-electron chi connectivity index (χ2n) is 4.05. The number of nitrogens with one attached hydrogen (secondary N) is 1. The molecule has 2 aromatic rings. The molecule has 0 aliphatic rings. The predicted molar refractivity (Wildman–Crippen MR) is 78.4 cm³/mol. The molecule has 0 spiro atoms. The largest absolute Gasteiger partial charge is 0.478 e. The first kappa shape index (κ1) is 14.9. The van der Waals surface area contributed by atoms with Crippen LogP contribution in [-0.2, 0) is 6.54 Å². The number of halogens is 1.